The summed E-state index contributed by atoms with van der Waals surface area (Å²) in [6.07, 6.45) is 3.16. The van der Waals surface area contributed by atoms with E-state index in [4.69, 9.17) is 0 Å². The summed E-state index contributed by atoms with van der Waals surface area (Å²) in [5.41, 5.74) is 6.47. The maximum Gasteiger partial charge on any atom is 0.272 e. The maximum absolute atomic E-state index is 12.8. The van der Waals surface area contributed by atoms with Gasteiger partial charge in [0, 0.05) is 60.3 Å². The van der Waals surface area contributed by atoms with Gasteiger partial charge in [-0.25, -0.2) is 0 Å². The number of rotatable bonds is 7. The molecule has 1 saturated heterocycles. The van der Waals surface area contributed by atoms with Gasteiger partial charge in [-0.1, -0.05) is 0 Å². The van der Waals surface area contributed by atoms with Gasteiger partial charge in [0.05, 0.1) is 6.10 Å². The number of carbonyl (C=O) groups excluding carboxylic acids is 2. The Morgan fingerprint density at radius 3 is 2.10 bits per heavy atom. The molecule has 39 heavy (non-hydrogen) atoms. The van der Waals surface area contributed by atoms with E-state index < -0.39 is 0 Å². The molecule has 4 N–H and O–H groups in total. The second kappa shape index (κ2) is 11.4. The van der Waals surface area contributed by atoms with E-state index in [1.807, 2.05) is 93.0 Å². The smallest absolute Gasteiger partial charge is 0.272 e. The van der Waals surface area contributed by atoms with Crippen LogP contribution in [0.5, 0.6) is 0 Å². The molecule has 1 fully saturated rings. The number of piperidine rings is 1. The molecule has 0 bridgehead atoms. The largest absolute Gasteiger partial charge is 0.393 e. The van der Waals surface area contributed by atoms with E-state index in [-0.39, 0.29) is 17.9 Å². The van der Waals surface area contributed by atoms with E-state index in [1.165, 1.54) is 0 Å². The molecule has 1 aliphatic rings. The lowest BCUT2D eigenvalue weighted by molar-refractivity contribution is 0.101. The highest BCUT2D eigenvalue weighted by molar-refractivity contribution is 6.04. The Morgan fingerprint density at radius 2 is 1.46 bits per heavy atom. The van der Waals surface area contributed by atoms with Crippen LogP contribution in [-0.2, 0) is 7.05 Å². The number of carbonyl (C=O) groups is 2. The van der Waals surface area contributed by atoms with E-state index >= 15 is 0 Å². The van der Waals surface area contributed by atoms with Crippen molar-refractivity contribution in [1.82, 2.24) is 4.57 Å². The summed E-state index contributed by atoms with van der Waals surface area (Å²) in [5.74, 6) is -0.320. The van der Waals surface area contributed by atoms with Crippen LogP contribution in [-0.4, -0.2) is 40.7 Å². The first kappa shape index (κ1) is 26.1. The Bertz CT molecular complexity index is 1450. The Kier molecular flexibility index (Phi) is 7.65. The molecule has 2 amide bonds. The third-order valence-corrected chi connectivity index (χ3v) is 7.04. The first-order valence-electron chi connectivity index (χ1n) is 13.1. The topological polar surface area (TPSA) is 98.6 Å². The second-order valence-corrected chi connectivity index (χ2v) is 9.91. The average molecular weight is 524 g/mol. The van der Waals surface area contributed by atoms with Gasteiger partial charge in [0.1, 0.15) is 5.69 Å². The van der Waals surface area contributed by atoms with Crippen LogP contribution in [0, 0.1) is 6.92 Å². The fourth-order valence-electron chi connectivity index (χ4n) is 4.72. The predicted octanol–water partition coefficient (Wildman–Crippen LogP) is 5.54. The number of aryl methyl sites for hydroxylation is 2. The molecule has 1 aliphatic heterocycles. The highest BCUT2D eigenvalue weighted by Gasteiger charge is 2.17. The van der Waals surface area contributed by atoms with Gasteiger partial charge in [-0.3, -0.25) is 9.59 Å². The zero-order valence-electron chi connectivity index (χ0n) is 22.1. The SMILES string of the molecule is Cc1cc(NC(=O)c2cccn2C)ccc1Nc1ccc(NC(=O)c2ccc(N3CCC(O)CC3)cc2)cc1. The van der Waals surface area contributed by atoms with Crippen molar-refractivity contribution < 1.29 is 14.7 Å². The number of nitrogens with one attached hydrogen (secondary N) is 3. The Labute approximate surface area is 228 Å². The summed E-state index contributed by atoms with van der Waals surface area (Å²) in [6, 6.07) is 24.5. The Balaban J connectivity index is 1.16. The van der Waals surface area contributed by atoms with Gasteiger partial charge < -0.3 is 30.5 Å². The van der Waals surface area contributed by atoms with Crippen molar-refractivity contribution in [1.29, 1.82) is 0 Å². The van der Waals surface area contributed by atoms with Gasteiger partial charge in [-0.05, 0) is 104 Å². The quantitative estimate of drug-likeness (QED) is 0.255. The Morgan fingerprint density at radius 1 is 0.821 bits per heavy atom. The number of nitrogens with zero attached hydrogens (tertiary/aromatic N) is 2. The van der Waals surface area contributed by atoms with Crippen molar-refractivity contribution in [3.63, 3.8) is 0 Å². The molecule has 5 rings (SSSR count). The molecule has 200 valence electrons. The molecule has 8 heteroatoms. The van der Waals surface area contributed by atoms with Crippen LogP contribution in [0.4, 0.5) is 28.4 Å². The number of aliphatic hydroxyl groups excluding tert-OH is 1. The molecule has 4 aromatic rings. The van der Waals surface area contributed by atoms with Crippen LogP contribution >= 0.6 is 0 Å². The zero-order valence-corrected chi connectivity index (χ0v) is 22.1. The second-order valence-electron chi connectivity index (χ2n) is 9.91. The lowest BCUT2D eigenvalue weighted by Crippen LogP contribution is -2.35. The van der Waals surface area contributed by atoms with Crippen LogP contribution in [0.15, 0.2) is 85.1 Å². The van der Waals surface area contributed by atoms with Crippen LogP contribution in [0.25, 0.3) is 0 Å². The summed E-state index contributed by atoms with van der Waals surface area (Å²) < 4.78 is 1.78. The number of hydrogen-bond acceptors (Lipinski definition) is 5. The molecular formula is C31H33N5O3. The highest BCUT2D eigenvalue weighted by Crippen LogP contribution is 2.26. The standard InChI is InChI=1S/C31H33N5O3/c1-21-20-25(34-31(39)29-4-3-17-35(29)2)11-14-28(21)32-23-7-9-24(10-8-23)33-30(38)22-5-12-26(13-6-22)36-18-15-27(37)16-19-36/h3-14,17,20,27,32,37H,15-16,18-19H2,1-2H3,(H,33,38)(H,34,39). The highest BCUT2D eigenvalue weighted by atomic mass is 16.3. The molecule has 0 atom stereocenters. The van der Waals surface area contributed by atoms with Crippen molar-refractivity contribution in [3.8, 4) is 0 Å². The third kappa shape index (κ3) is 6.30. The van der Waals surface area contributed by atoms with Gasteiger partial charge in [0.15, 0.2) is 0 Å². The zero-order chi connectivity index (χ0) is 27.4. The van der Waals surface area contributed by atoms with E-state index in [1.54, 1.807) is 10.6 Å². The van der Waals surface area contributed by atoms with Crippen molar-refractivity contribution >= 4 is 40.3 Å². The predicted molar refractivity (Wildman–Crippen MR) is 156 cm³/mol. The lowest BCUT2D eigenvalue weighted by Gasteiger charge is -2.31. The molecule has 0 unspecified atom stereocenters. The summed E-state index contributed by atoms with van der Waals surface area (Å²) in [6.45, 7) is 3.62. The van der Waals surface area contributed by atoms with Crippen molar-refractivity contribution in [3.05, 3.63) is 102 Å². The van der Waals surface area contributed by atoms with Gasteiger partial charge in [-0.2, -0.15) is 0 Å². The Hall–Kier alpha value is -4.56. The number of benzene rings is 3. The molecular weight excluding hydrogens is 490 g/mol. The monoisotopic (exact) mass is 523 g/mol. The fourth-order valence-corrected chi connectivity index (χ4v) is 4.72. The van der Waals surface area contributed by atoms with E-state index in [9.17, 15) is 14.7 Å². The number of aromatic nitrogens is 1. The molecule has 0 spiro atoms. The van der Waals surface area contributed by atoms with Crippen molar-refractivity contribution in [2.24, 2.45) is 7.05 Å². The fraction of sp³-hybridized carbons (Fsp3) is 0.226. The number of amides is 2. The van der Waals surface area contributed by atoms with Crippen LogP contribution in [0.1, 0.15) is 39.3 Å². The third-order valence-electron chi connectivity index (χ3n) is 7.04. The maximum atomic E-state index is 12.8. The number of anilines is 5. The van der Waals surface area contributed by atoms with E-state index in [0.717, 1.165) is 54.2 Å². The van der Waals surface area contributed by atoms with Gasteiger partial charge in [-0.15, -0.1) is 0 Å². The van der Waals surface area contributed by atoms with E-state index in [0.29, 0.717) is 16.9 Å². The molecule has 8 nitrogen and oxygen atoms in total. The first-order valence-corrected chi connectivity index (χ1v) is 13.1. The normalized spacial score (nSPS) is 13.7. The van der Waals surface area contributed by atoms with Gasteiger partial charge in [0.25, 0.3) is 11.8 Å². The van der Waals surface area contributed by atoms with Gasteiger partial charge in [0.2, 0.25) is 0 Å². The molecule has 3 aromatic carbocycles. The first-order chi connectivity index (χ1) is 18.9. The van der Waals surface area contributed by atoms with Crippen LogP contribution in [0.3, 0.4) is 0 Å². The number of hydrogen-bond donors (Lipinski definition) is 4. The van der Waals surface area contributed by atoms with Gasteiger partial charge >= 0.3 is 0 Å². The summed E-state index contributed by atoms with van der Waals surface area (Å²) in [7, 11) is 1.84. The summed E-state index contributed by atoms with van der Waals surface area (Å²) >= 11 is 0. The number of aliphatic hydroxyl groups is 1. The van der Waals surface area contributed by atoms with Crippen LogP contribution < -0.4 is 20.9 Å². The van der Waals surface area contributed by atoms with E-state index in [2.05, 4.69) is 20.9 Å². The summed E-state index contributed by atoms with van der Waals surface area (Å²) in [5, 5.41) is 19.0. The molecule has 0 saturated carbocycles. The molecule has 0 radical (unpaired) electrons. The van der Waals surface area contributed by atoms with Crippen molar-refractivity contribution in [2.75, 3.05) is 33.9 Å². The van der Waals surface area contributed by atoms with Crippen molar-refractivity contribution in [2.45, 2.75) is 25.9 Å². The average Bonchev–Trinajstić information content (AvgIpc) is 3.38. The minimum absolute atomic E-state index is 0.154. The lowest BCUT2D eigenvalue weighted by atomic mass is 10.1. The van der Waals surface area contributed by atoms with Crippen LogP contribution in [0.2, 0.25) is 0 Å². The minimum atomic E-state index is -0.211. The minimum Gasteiger partial charge on any atom is -0.393 e. The molecule has 1 aromatic heterocycles. The summed E-state index contributed by atoms with van der Waals surface area (Å²) in [4.78, 5) is 27.5. The molecule has 0 aliphatic carbocycles. The molecule has 2 heterocycles.